The zero-order valence-electron chi connectivity index (χ0n) is 25.1. The highest BCUT2D eigenvalue weighted by Crippen LogP contribution is 2.37. The summed E-state index contributed by atoms with van der Waals surface area (Å²) < 4.78 is 57.5. The molecule has 252 valence electrons. The van der Waals surface area contributed by atoms with E-state index in [0.717, 1.165) is 24.3 Å². The van der Waals surface area contributed by atoms with E-state index < -0.39 is 41.8 Å². The number of nitrogens with one attached hydrogen (secondary N) is 1. The highest BCUT2D eigenvalue weighted by atomic mass is 127. The Balaban J connectivity index is 1.72. The van der Waals surface area contributed by atoms with E-state index in [-0.39, 0.29) is 55.4 Å². The number of carbonyl (C=O) groups excluding carboxylic acids is 2. The molecule has 0 saturated carbocycles. The molecule has 0 aromatic heterocycles. The van der Waals surface area contributed by atoms with Crippen LogP contribution in [0.4, 0.5) is 13.2 Å². The number of morpholine rings is 1. The van der Waals surface area contributed by atoms with Crippen LogP contribution in [0.15, 0.2) is 48.0 Å². The van der Waals surface area contributed by atoms with Crippen LogP contribution in [0.25, 0.3) is 0 Å². The fourth-order valence-electron chi connectivity index (χ4n) is 5.35. The maximum absolute atomic E-state index is 14.0. The maximum Gasteiger partial charge on any atom is 0.416 e. The molecule has 2 amide bonds. The molecule has 0 bridgehead atoms. The molecule has 3 atom stereocenters. The molecule has 1 heterocycles. The summed E-state index contributed by atoms with van der Waals surface area (Å²) in [6.07, 6.45) is -5.77. The summed E-state index contributed by atoms with van der Waals surface area (Å²) in [5.41, 5.74) is -0.175. The number of aliphatic hydroxyl groups excluding tert-OH is 3. The summed E-state index contributed by atoms with van der Waals surface area (Å²) >= 11 is 2.00. The lowest BCUT2D eigenvalue weighted by Crippen LogP contribution is -2.56. The van der Waals surface area contributed by atoms with Crippen molar-refractivity contribution < 1.29 is 52.3 Å². The van der Waals surface area contributed by atoms with E-state index in [2.05, 4.69) is 10.2 Å². The number of halogens is 4. The van der Waals surface area contributed by atoms with Gasteiger partial charge in [-0.2, -0.15) is 13.2 Å². The first kappa shape index (κ1) is 35.9. The average Bonchev–Trinajstić information content (AvgIpc) is 3.05. The van der Waals surface area contributed by atoms with E-state index in [0.29, 0.717) is 42.0 Å². The van der Waals surface area contributed by atoms with Crippen LogP contribution < -0.4 is 14.8 Å². The number of benzene rings is 2. The van der Waals surface area contributed by atoms with Crippen molar-refractivity contribution in [3.63, 3.8) is 0 Å². The largest absolute Gasteiger partial charge is 0.493 e. The molecule has 2 aromatic rings. The molecule has 1 aliphatic carbocycles. The van der Waals surface area contributed by atoms with Gasteiger partial charge in [0.25, 0.3) is 5.91 Å². The van der Waals surface area contributed by atoms with Gasteiger partial charge in [0.1, 0.15) is 12.2 Å². The molecule has 4 rings (SSSR count). The van der Waals surface area contributed by atoms with Gasteiger partial charge >= 0.3 is 6.18 Å². The van der Waals surface area contributed by atoms with Gasteiger partial charge in [-0.25, -0.2) is 0 Å². The number of nitrogens with zero attached hydrogens (tertiary/aromatic N) is 2. The molecule has 1 saturated heterocycles. The van der Waals surface area contributed by atoms with Gasteiger partial charge in [-0.1, -0.05) is 0 Å². The van der Waals surface area contributed by atoms with Crippen molar-refractivity contribution in [2.75, 3.05) is 59.7 Å². The van der Waals surface area contributed by atoms with Crippen LogP contribution in [0.5, 0.6) is 11.5 Å². The Hall–Kier alpha value is -2.96. The SMILES string of the molecule is COc1cc(CO)cc(I)c1O[C@H]1C=C(C(=O)NCCO)C[C@@H](N(CCN2CCOCC2)C(=O)c2ccc(C(F)(F)F)cc2)[C@@H]1O. The number of amides is 2. The Kier molecular flexibility index (Phi) is 12.7. The predicted octanol–water partition coefficient (Wildman–Crippen LogP) is 2.20. The van der Waals surface area contributed by atoms with Crippen molar-refractivity contribution in [3.05, 3.63) is 68.3 Å². The van der Waals surface area contributed by atoms with Crippen LogP contribution >= 0.6 is 22.6 Å². The van der Waals surface area contributed by atoms with Crippen LogP contribution in [0.2, 0.25) is 0 Å². The van der Waals surface area contributed by atoms with E-state index in [9.17, 15) is 38.1 Å². The van der Waals surface area contributed by atoms with Crippen molar-refractivity contribution in [1.82, 2.24) is 15.1 Å². The Labute approximate surface area is 278 Å². The van der Waals surface area contributed by atoms with Gasteiger partial charge in [0.05, 0.1) is 48.7 Å². The molecule has 0 radical (unpaired) electrons. The van der Waals surface area contributed by atoms with E-state index in [1.807, 2.05) is 22.6 Å². The van der Waals surface area contributed by atoms with Gasteiger partial charge in [0.2, 0.25) is 5.91 Å². The first-order chi connectivity index (χ1) is 22.0. The van der Waals surface area contributed by atoms with Gasteiger partial charge in [-0.15, -0.1) is 0 Å². The number of methoxy groups -OCH3 is 1. The quantitative estimate of drug-likeness (QED) is 0.240. The summed E-state index contributed by atoms with van der Waals surface area (Å²) in [5, 5.41) is 33.3. The predicted molar refractivity (Wildman–Crippen MR) is 168 cm³/mol. The second-order valence-electron chi connectivity index (χ2n) is 10.8. The summed E-state index contributed by atoms with van der Waals surface area (Å²) in [4.78, 5) is 30.6. The molecule has 11 nitrogen and oxygen atoms in total. The third kappa shape index (κ3) is 8.89. The van der Waals surface area contributed by atoms with Gasteiger partial charge < -0.3 is 39.7 Å². The average molecular weight is 764 g/mol. The molecule has 1 fully saturated rings. The third-order valence-corrected chi connectivity index (χ3v) is 8.62. The Bertz CT molecular complexity index is 1390. The Morgan fingerprint density at radius 2 is 1.85 bits per heavy atom. The van der Waals surface area contributed by atoms with Crippen LogP contribution in [0.3, 0.4) is 0 Å². The summed E-state index contributed by atoms with van der Waals surface area (Å²) in [7, 11) is 1.42. The molecular weight excluding hydrogens is 726 g/mol. The molecule has 4 N–H and O–H groups in total. The van der Waals surface area contributed by atoms with E-state index in [4.69, 9.17) is 14.2 Å². The zero-order valence-corrected chi connectivity index (χ0v) is 27.3. The molecule has 0 unspecified atom stereocenters. The second kappa shape index (κ2) is 16.2. The van der Waals surface area contributed by atoms with Crippen LogP contribution in [0, 0.1) is 3.57 Å². The Morgan fingerprint density at radius 3 is 2.46 bits per heavy atom. The smallest absolute Gasteiger partial charge is 0.416 e. The van der Waals surface area contributed by atoms with Crippen LogP contribution in [0.1, 0.15) is 27.9 Å². The van der Waals surface area contributed by atoms with Crippen LogP contribution in [-0.4, -0.2) is 115 Å². The molecular formula is C31H37F3IN3O8. The van der Waals surface area contributed by atoms with Gasteiger partial charge in [-0.3, -0.25) is 14.5 Å². The first-order valence-corrected chi connectivity index (χ1v) is 15.7. The minimum absolute atomic E-state index is 0.0173. The topological polar surface area (TPSA) is 141 Å². The standard InChI is InChI=1S/C31H37F3IN3O8/c1-44-26-15-19(18-40)14-23(35)28(26)46-25-17-21(29(42)36-6-11-39)16-24(27(25)41)38(8-7-37-9-12-45-13-10-37)30(43)20-2-4-22(5-3-20)31(32,33)34/h2-5,14-15,17,24-25,27,39-41H,6-13,16,18H2,1H3,(H,36,42)/t24-,25+,27+/m1/s1. The summed E-state index contributed by atoms with van der Waals surface area (Å²) in [6.45, 7) is 2.10. The van der Waals surface area contributed by atoms with Gasteiger partial charge in [-0.05, 0) is 70.6 Å². The van der Waals surface area contributed by atoms with Crippen molar-refractivity contribution in [3.8, 4) is 11.5 Å². The molecule has 46 heavy (non-hydrogen) atoms. The molecule has 2 aliphatic rings. The van der Waals surface area contributed by atoms with Crippen molar-refractivity contribution >= 4 is 34.4 Å². The van der Waals surface area contributed by atoms with Crippen molar-refractivity contribution in [2.24, 2.45) is 0 Å². The number of alkyl halides is 3. The molecule has 2 aromatic carbocycles. The van der Waals surface area contributed by atoms with Crippen LogP contribution in [-0.2, 0) is 22.3 Å². The van der Waals surface area contributed by atoms with E-state index in [1.54, 1.807) is 12.1 Å². The Morgan fingerprint density at radius 1 is 1.15 bits per heavy atom. The van der Waals surface area contributed by atoms with E-state index >= 15 is 0 Å². The van der Waals surface area contributed by atoms with Gasteiger partial charge in [0, 0.05) is 50.3 Å². The monoisotopic (exact) mass is 763 g/mol. The lowest BCUT2D eigenvalue weighted by Gasteiger charge is -2.41. The minimum Gasteiger partial charge on any atom is -0.493 e. The van der Waals surface area contributed by atoms with E-state index in [1.165, 1.54) is 18.1 Å². The lowest BCUT2D eigenvalue weighted by atomic mass is 9.87. The maximum atomic E-state index is 14.0. The summed E-state index contributed by atoms with van der Waals surface area (Å²) in [5.74, 6) is -0.645. The zero-order chi connectivity index (χ0) is 33.4. The van der Waals surface area contributed by atoms with Crippen molar-refractivity contribution in [1.29, 1.82) is 0 Å². The second-order valence-corrected chi connectivity index (χ2v) is 12.0. The first-order valence-electron chi connectivity index (χ1n) is 14.7. The number of hydrogen-bond donors (Lipinski definition) is 4. The third-order valence-electron chi connectivity index (χ3n) is 7.82. The van der Waals surface area contributed by atoms with Gasteiger partial charge in [0.15, 0.2) is 11.5 Å². The normalized spacial score (nSPS) is 20.5. The highest BCUT2D eigenvalue weighted by molar-refractivity contribution is 14.1. The fourth-order valence-corrected chi connectivity index (χ4v) is 6.15. The minimum atomic E-state index is -4.59. The number of aliphatic hydroxyl groups is 3. The number of hydrogen-bond acceptors (Lipinski definition) is 9. The number of ether oxygens (including phenoxy) is 3. The highest BCUT2D eigenvalue weighted by Gasteiger charge is 2.41. The number of carbonyl (C=O) groups is 2. The van der Waals surface area contributed by atoms with Crippen molar-refractivity contribution in [2.45, 2.75) is 37.5 Å². The molecule has 15 heteroatoms. The number of rotatable bonds is 12. The molecule has 0 spiro atoms. The summed E-state index contributed by atoms with van der Waals surface area (Å²) in [6, 6.07) is 6.06. The lowest BCUT2D eigenvalue weighted by molar-refractivity contribution is -0.137. The molecule has 1 aliphatic heterocycles. The fraction of sp³-hybridized carbons (Fsp3) is 0.484.